The third-order valence-corrected chi connectivity index (χ3v) is 11.7. The van der Waals surface area contributed by atoms with Crippen LogP contribution < -0.4 is 9.80 Å². The molecule has 0 radical (unpaired) electrons. The van der Waals surface area contributed by atoms with E-state index in [4.69, 9.17) is 0 Å². The van der Waals surface area contributed by atoms with Crippen molar-refractivity contribution in [2.45, 2.75) is 19.3 Å². The molecule has 1 aliphatic heterocycles. The second kappa shape index (κ2) is 11.6. The monoisotopic (exact) mass is 691 g/mol. The summed E-state index contributed by atoms with van der Waals surface area (Å²) in [6.07, 6.45) is 0. The highest BCUT2D eigenvalue weighted by Crippen LogP contribution is 2.57. The first-order valence-corrected chi connectivity index (χ1v) is 18.8. The Hall–Kier alpha value is -6.84. The van der Waals surface area contributed by atoms with Gasteiger partial charge in [-0.15, -0.1) is 0 Å². The summed E-state index contributed by atoms with van der Waals surface area (Å²) in [4.78, 5) is 4.72. The van der Waals surface area contributed by atoms with Gasteiger partial charge < -0.3 is 14.4 Å². The van der Waals surface area contributed by atoms with Gasteiger partial charge in [-0.2, -0.15) is 0 Å². The maximum atomic E-state index is 2.56. The topological polar surface area (TPSA) is 11.4 Å². The fraction of sp³-hybridized carbons (Fsp3) is 0.0588. The Labute approximate surface area is 315 Å². The lowest BCUT2D eigenvalue weighted by atomic mass is 9.82. The molecule has 0 amide bonds. The van der Waals surface area contributed by atoms with E-state index in [0.717, 1.165) is 34.1 Å². The van der Waals surface area contributed by atoms with Crippen molar-refractivity contribution in [2.75, 3.05) is 9.80 Å². The number of nitrogens with zero attached hydrogens (tertiary/aromatic N) is 3. The van der Waals surface area contributed by atoms with Crippen LogP contribution in [0.3, 0.4) is 0 Å². The van der Waals surface area contributed by atoms with E-state index in [0.29, 0.717) is 0 Å². The molecule has 11 rings (SSSR count). The van der Waals surface area contributed by atoms with Crippen LogP contribution in [0.5, 0.6) is 0 Å². The minimum Gasteiger partial charge on any atom is -0.310 e. The summed E-state index contributed by atoms with van der Waals surface area (Å²) in [5.74, 6) is 0. The predicted molar refractivity (Wildman–Crippen MR) is 227 cm³/mol. The summed E-state index contributed by atoms with van der Waals surface area (Å²) >= 11 is 0. The van der Waals surface area contributed by atoms with Gasteiger partial charge in [0.05, 0.1) is 16.7 Å². The molecule has 256 valence electrons. The third kappa shape index (κ3) is 4.36. The van der Waals surface area contributed by atoms with Crippen molar-refractivity contribution in [3.05, 3.63) is 199 Å². The molecule has 0 bridgehead atoms. The lowest BCUT2D eigenvalue weighted by Crippen LogP contribution is -2.15. The summed E-state index contributed by atoms with van der Waals surface area (Å²) in [7, 11) is 0. The first-order chi connectivity index (χ1) is 26.6. The highest BCUT2D eigenvalue weighted by atomic mass is 15.2. The maximum absolute atomic E-state index is 2.56. The lowest BCUT2D eigenvalue weighted by molar-refractivity contribution is 0.660. The Kier molecular flexibility index (Phi) is 6.60. The van der Waals surface area contributed by atoms with E-state index < -0.39 is 0 Å². The number of para-hydroxylation sites is 4. The first-order valence-electron chi connectivity index (χ1n) is 18.8. The van der Waals surface area contributed by atoms with Crippen molar-refractivity contribution >= 4 is 55.9 Å². The van der Waals surface area contributed by atoms with Crippen molar-refractivity contribution in [3.8, 4) is 27.9 Å². The zero-order valence-electron chi connectivity index (χ0n) is 30.2. The van der Waals surface area contributed by atoms with Crippen molar-refractivity contribution in [1.29, 1.82) is 0 Å². The van der Waals surface area contributed by atoms with Gasteiger partial charge in [0.25, 0.3) is 0 Å². The summed E-state index contributed by atoms with van der Waals surface area (Å²) < 4.78 is 2.56. The minimum absolute atomic E-state index is 0.0846. The Morgan fingerprint density at radius 1 is 0.389 bits per heavy atom. The number of rotatable bonds is 6. The van der Waals surface area contributed by atoms with Gasteiger partial charge in [0, 0.05) is 61.4 Å². The molecule has 54 heavy (non-hydrogen) atoms. The van der Waals surface area contributed by atoms with E-state index in [-0.39, 0.29) is 5.41 Å². The SMILES string of the molecule is CC1(C)c2cccc3c2-c2c(cccc21)-n1c2cc(N(c4ccccc4)c4cccc(N(c5ccccc5)c5ccccc5)c4)ccc2c2cccc-3c21. The summed E-state index contributed by atoms with van der Waals surface area (Å²) in [5, 5.41) is 2.53. The second-order valence-electron chi connectivity index (χ2n) is 15.0. The van der Waals surface area contributed by atoms with Crippen LogP contribution in [0, 0.1) is 0 Å². The molecule has 1 aromatic heterocycles. The minimum atomic E-state index is -0.0846. The van der Waals surface area contributed by atoms with Crippen LogP contribution in [0.4, 0.5) is 34.1 Å². The van der Waals surface area contributed by atoms with Crippen LogP contribution in [0.25, 0.3) is 49.7 Å². The van der Waals surface area contributed by atoms with E-state index in [1.807, 2.05) is 0 Å². The van der Waals surface area contributed by atoms with E-state index in [1.54, 1.807) is 0 Å². The highest BCUT2D eigenvalue weighted by molar-refractivity contribution is 6.18. The molecule has 9 aromatic rings. The molecule has 0 atom stereocenters. The molecule has 2 heterocycles. The van der Waals surface area contributed by atoms with Crippen molar-refractivity contribution in [3.63, 3.8) is 0 Å². The van der Waals surface area contributed by atoms with Gasteiger partial charge >= 0.3 is 0 Å². The van der Waals surface area contributed by atoms with Gasteiger partial charge in [-0.3, -0.25) is 0 Å². The average molecular weight is 692 g/mol. The van der Waals surface area contributed by atoms with Crippen LogP contribution in [-0.2, 0) is 5.41 Å². The molecule has 2 aliphatic rings. The molecule has 0 saturated carbocycles. The number of hydrogen-bond acceptors (Lipinski definition) is 2. The largest absolute Gasteiger partial charge is 0.310 e. The Balaban J connectivity index is 1.16. The van der Waals surface area contributed by atoms with Crippen molar-refractivity contribution < 1.29 is 0 Å². The Morgan fingerprint density at radius 3 is 1.54 bits per heavy atom. The van der Waals surface area contributed by atoms with Crippen LogP contribution in [0.2, 0.25) is 0 Å². The number of aromatic nitrogens is 1. The number of anilines is 6. The fourth-order valence-electron chi connectivity index (χ4n) is 9.28. The van der Waals surface area contributed by atoms with Crippen LogP contribution in [0.15, 0.2) is 188 Å². The summed E-state index contributed by atoms with van der Waals surface area (Å²) in [5.41, 5.74) is 18.4. The maximum Gasteiger partial charge on any atom is 0.0619 e. The van der Waals surface area contributed by atoms with E-state index in [2.05, 4.69) is 216 Å². The normalized spacial score (nSPS) is 13.1. The smallest absolute Gasteiger partial charge is 0.0619 e. The van der Waals surface area contributed by atoms with Crippen LogP contribution in [-0.4, -0.2) is 4.57 Å². The molecule has 0 N–H and O–H groups in total. The molecule has 0 spiro atoms. The number of benzene rings is 8. The van der Waals surface area contributed by atoms with E-state index >= 15 is 0 Å². The zero-order valence-corrected chi connectivity index (χ0v) is 30.2. The Morgan fingerprint density at radius 2 is 0.889 bits per heavy atom. The molecule has 0 fully saturated rings. The summed E-state index contributed by atoms with van der Waals surface area (Å²) in [6.45, 7) is 4.76. The standard InChI is InChI=1S/C51H37N3/c1-51(2)44-27-14-24-41-43-26-13-25-42-40-31-30-39(33-47(40)54(50(42)43)46-29-15-28-45(51)49(46)48(41)44)53(36-20-10-5-11-21-36)38-23-12-22-37(32-38)52(34-16-6-3-7-17-34)35-18-8-4-9-19-35/h3-33H,1-2H3. The van der Waals surface area contributed by atoms with Gasteiger partial charge in [0.15, 0.2) is 0 Å². The molecule has 0 unspecified atom stereocenters. The van der Waals surface area contributed by atoms with Gasteiger partial charge in [0.1, 0.15) is 0 Å². The van der Waals surface area contributed by atoms with Gasteiger partial charge in [-0.25, -0.2) is 0 Å². The van der Waals surface area contributed by atoms with E-state index in [1.165, 1.54) is 60.9 Å². The average Bonchev–Trinajstić information content (AvgIpc) is 3.62. The summed E-state index contributed by atoms with van der Waals surface area (Å²) in [6, 6.07) is 68.6. The zero-order chi connectivity index (χ0) is 36.0. The van der Waals surface area contributed by atoms with Gasteiger partial charge in [-0.05, 0) is 95.1 Å². The molecule has 0 saturated heterocycles. The number of fused-ring (bicyclic) bond motifs is 5. The second-order valence-corrected chi connectivity index (χ2v) is 15.0. The van der Waals surface area contributed by atoms with Gasteiger partial charge in [-0.1, -0.05) is 129 Å². The molecule has 3 nitrogen and oxygen atoms in total. The molecule has 3 heteroatoms. The molecule has 1 aliphatic carbocycles. The van der Waals surface area contributed by atoms with Gasteiger partial charge in [0.2, 0.25) is 0 Å². The number of hydrogen-bond donors (Lipinski definition) is 0. The highest BCUT2D eigenvalue weighted by Gasteiger charge is 2.40. The third-order valence-electron chi connectivity index (χ3n) is 11.7. The van der Waals surface area contributed by atoms with Crippen molar-refractivity contribution in [2.24, 2.45) is 0 Å². The lowest BCUT2D eigenvalue weighted by Gasteiger charge is -2.29. The van der Waals surface area contributed by atoms with Crippen LogP contribution >= 0.6 is 0 Å². The molecule has 8 aromatic carbocycles. The van der Waals surface area contributed by atoms with Crippen molar-refractivity contribution in [1.82, 2.24) is 4.57 Å². The molecular formula is C51H37N3. The Bertz CT molecular complexity index is 2870. The quantitative estimate of drug-likeness (QED) is 0.172. The first kappa shape index (κ1) is 30.8. The fourth-order valence-corrected chi connectivity index (χ4v) is 9.28. The predicted octanol–water partition coefficient (Wildman–Crippen LogP) is 14.0. The van der Waals surface area contributed by atoms with E-state index in [9.17, 15) is 0 Å². The molecular weight excluding hydrogens is 655 g/mol. The van der Waals surface area contributed by atoms with Crippen LogP contribution in [0.1, 0.15) is 25.0 Å².